The summed E-state index contributed by atoms with van der Waals surface area (Å²) in [5.74, 6) is 2.30. The van der Waals surface area contributed by atoms with Gasteiger partial charge in [-0.3, -0.25) is 4.79 Å². The molecule has 0 aliphatic rings. The third kappa shape index (κ3) is 7.59. The molecular formula is C37H45NOS3. The van der Waals surface area contributed by atoms with E-state index in [1.165, 1.54) is 56.2 Å². The van der Waals surface area contributed by atoms with Gasteiger partial charge in [-0.05, 0) is 96.9 Å². The highest BCUT2D eigenvalue weighted by Crippen LogP contribution is 2.36. The van der Waals surface area contributed by atoms with E-state index in [1.807, 2.05) is 46.6 Å². The van der Waals surface area contributed by atoms with E-state index in [0.29, 0.717) is 11.8 Å². The topological polar surface area (TPSA) is 22.0 Å². The fraction of sp³-hybridized carbons (Fsp3) is 0.432. The molecule has 0 radical (unpaired) electrons. The molecule has 0 aliphatic carbocycles. The number of hydrogen-bond acceptors (Lipinski definition) is 4. The van der Waals surface area contributed by atoms with Crippen molar-refractivity contribution in [3.05, 3.63) is 97.5 Å². The molecule has 5 rings (SSSR count). The molecule has 0 saturated heterocycles. The van der Waals surface area contributed by atoms with Crippen molar-refractivity contribution >= 4 is 56.2 Å². The van der Waals surface area contributed by atoms with E-state index in [1.54, 1.807) is 4.88 Å². The summed E-state index contributed by atoms with van der Waals surface area (Å²) in [4.78, 5) is 18.1. The molecule has 3 aromatic heterocycles. The van der Waals surface area contributed by atoms with Crippen molar-refractivity contribution in [3.63, 3.8) is 0 Å². The van der Waals surface area contributed by atoms with Gasteiger partial charge >= 0.3 is 0 Å². The van der Waals surface area contributed by atoms with Gasteiger partial charge in [-0.1, -0.05) is 76.3 Å². The number of thiophene rings is 2. The van der Waals surface area contributed by atoms with Gasteiger partial charge in [-0.15, -0.1) is 34.4 Å². The number of pyridine rings is 1. The summed E-state index contributed by atoms with van der Waals surface area (Å²) < 4.78 is 2.40. The van der Waals surface area contributed by atoms with E-state index < -0.39 is 0 Å². The van der Waals surface area contributed by atoms with Gasteiger partial charge in [0.15, 0.2) is 5.43 Å². The fourth-order valence-corrected chi connectivity index (χ4v) is 9.31. The van der Waals surface area contributed by atoms with Gasteiger partial charge in [0.05, 0.1) is 16.4 Å². The van der Waals surface area contributed by atoms with Crippen molar-refractivity contribution in [2.24, 2.45) is 0 Å². The predicted molar refractivity (Wildman–Crippen MR) is 188 cm³/mol. The second-order valence-electron chi connectivity index (χ2n) is 11.5. The monoisotopic (exact) mass is 615 g/mol. The van der Waals surface area contributed by atoms with Crippen molar-refractivity contribution in [1.29, 1.82) is 0 Å². The molecular weight excluding hydrogens is 571 g/mol. The molecule has 3 heterocycles. The van der Waals surface area contributed by atoms with E-state index in [2.05, 4.69) is 83.8 Å². The Hall–Kier alpha value is -2.34. The molecule has 0 spiro atoms. The van der Waals surface area contributed by atoms with Crippen LogP contribution in [-0.4, -0.2) is 10.3 Å². The Morgan fingerprint density at radius 1 is 0.690 bits per heavy atom. The number of aromatic nitrogens is 1. The van der Waals surface area contributed by atoms with Crippen LogP contribution in [0.3, 0.4) is 0 Å². The Bertz CT molecular complexity index is 1570. The van der Waals surface area contributed by atoms with Crippen LogP contribution in [0, 0.1) is 0 Å². The highest BCUT2D eigenvalue weighted by Gasteiger charge is 2.18. The van der Waals surface area contributed by atoms with Crippen molar-refractivity contribution in [2.75, 3.05) is 5.75 Å². The third-order valence-corrected chi connectivity index (χ3v) is 11.7. The molecule has 0 bridgehead atoms. The van der Waals surface area contributed by atoms with E-state index in [0.717, 1.165) is 51.8 Å². The molecule has 0 amide bonds. The van der Waals surface area contributed by atoms with Crippen LogP contribution in [0.15, 0.2) is 87.2 Å². The van der Waals surface area contributed by atoms with Crippen LogP contribution in [0.1, 0.15) is 99.6 Å². The second kappa shape index (κ2) is 15.9. The zero-order valence-electron chi connectivity index (χ0n) is 25.2. The van der Waals surface area contributed by atoms with Crippen molar-refractivity contribution in [1.82, 2.24) is 4.57 Å². The van der Waals surface area contributed by atoms with Crippen LogP contribution < -0.4 is 5.43 Å². The van der Waals surface area contributed by atoms with Crippen molar-refractivity contribution in [2.45, 2.75) is 101 Å². The van der Waals surface area contributed by atoms with E-state index in [-0.39, 0.29) is 5.43 Å². The minimum absolute atomic E-state index is 0.179. The molecule has 2 atom stereocenters. The first-order valence-electron chi connectivity index (χ1n) is 15.9. The summed E-state index contributed by atoms with van der Waals surface area (Å²) in [6, 6.07) is 23.7. The summed E-state index contributed by atoms with van der Waals surface area (Å²) >= 11 is 5.70. The first-order valence-corrected chi connectivity index (χ1v) is 18.7. The van der Waals surface area contributed by atoms with Crippen LogP contribution in [0.2, 0.25) is 0 Å². The third-order valence-electron chi connectivity index (χ3n) is 8.55. The lowest BCUT2D eigenvalue weighted by atomic mass is 9.91. The maximum Gasteiger partial charge on any atom is 0.198 e. The summed E-state index contributed by atoms with van der Waals surface area (Å²) in [5, 5.41) is 6.20. The van der Waals surface area contributed by atoms with Gasteiger partial charge in [0.25, 0.3) is 0 Å². The molecule has 2 aromatic carbocycles. The molecule has 42 heavy (non-hydrogen) atoms. The van der Waals surface area contributed by atoms with Crippen LogP contribution in [0.25, 0.3) is 21.8 Å². The SMILES string of the molecule is CCCCCCn1c2ccccc2c(=O)c2c(SCCC(CCCC(CCC)c3cccs3)c3cccs3)cccc21. The zero-order chi connectivity index (χ0) is 29.1. The summed E-state index contributed by atoms with van der Waals surface area (Å²) in [6.45, 7) is 5.52. The number of aryl methyl sites for hydroxylation is 1. The molecule has 2 nitrogen and oxygen atoms in total. The molecule has 2 unspecified atom stereocenters. The molecule has 0 aliphatic heterocycles. The van der Waals surface area contributed by atoms with Crippen LogP contribution in [-0.2, 0) is 6.54 Å². The normalized spacial score (nSPS) is 13.2. The average Bonchev–Trinajstić information content (AvgIpc) is 3.75. The molecule has 222 valence electrons. The summed E-state index contributed by atoms with van der Waals surface area (Å²) in [7, 11) is 0. The maximum atomic E-state index is 13.9. The Morgan fingerprint density at radius 3 is 2.10 bits per heavy atom. The standard InChI is InChI=1S/C37H45NOS3/c1-3-5-6-9-24-38-31-18-8-7-17-30(31)37(39)36-32(38)19-11-20-35(36)42-27-23-29(34-22-13-26-41-34)16-10-15-28(14-4-2)33-21-12-25-40-33/h7-8,11-13,17-22,25-26,28-29H,3-6,9-10,14-16,23-24,27H2,1-2H3. The first kappa shape index (κ1) is 31.1. The molecule has 0 saturated carbocycles. The second-order valence-corrected chi connectivity index (χ2v) is 14.6. The van der Waals surface area contributed by atoms with Crippen LogP contribution in [0.4, 0.5) is 0 Å². The average molecular weight is 616 g/mol. The lowest BCUT2D eigenvalue weighted by molar-refractivity contribution is 0.502. The molecule has 0 fully saturated rings. The van der Waals surface area contributed by atoms with Gasteiger partial charge < -0.3 is 4.57 Å². The Morgan fingerprint density at radius 2 is 1.40 bits per heavy atom. The lowest BCUT2D eigenvalue weighted by Gasteiger charge is -2.19. The van der Waals surface area contributed by atoms with E-state index in [9.17, 15) is 4.79 Å². The number of rotatable bonds is 17. The Labute approximate surface area is 264 Å². The maximum absolute atomic E-state index is 13.9. The smallest absolute Gasteiger partial charge is 0.198 e. The quantitative estimate of drug-likeness (QED) is 0.0590. The number of para-hydroxylation sites is 1. The van der Waals surface area contributed by atoms with Crippen LogP contribution >= 0.6 is 34.4 Å². The number of fused-ring (bicyclic) bond motifs is 2. The number of thioether (sulfide) groups is 1. The predicted octanol–water partition coefficient (Wildman–Crippen LogP) is 11.9. The van der Waals surface area contributed by atoms with Gasteiger partial charge in [-0.25, -0.2) is 0 Å². The van der Waals surface area contributed by atoms with E-state index >= 15 is 0 Å². The zero-order valence-corrected chi connectivity index (χ0v) is 27.7. The largest absolute Gasteiger partial charge is 0.340 e. The van der Waals surface area contributed by atoms with Gasteiger partial charge in [0, 0.05) is 26.6 Å². The van der Waals surface area contributed by atoms with Crippen LogP contribution in [0.5, 0.6) is 0 Å². The minimum atomic E-state index is 0.179. The lowest BCUT2D eigenvalue weighted by Crippen LogP contribution is -2.12. The number of benzene rings is 2. The highest BCUT2D eigenvalue weighted by atomic mass is 32.2. The Balaban J connectivity index is 1.32. The molecule has 5 heteroatoms. The highest BCUT2D eigenvalue weighted by molar-refractivity contribution is 7.99. The van der Waals surface area contributed by atoms with Crippen molar-refractivity contribution in [3.8, 4) is 0 Å². The Kier molecular flexibility index (Phi) is 11.8. The molecule has 5 aromatic rings. The summed E-state index contributed by atoms with van der Waals surface area (Å²) in [6.07, 6.45) is 12.3. The number of hydrogen-bond donors (Lipinski definition) is 0. The summed E-state index contributed by atoms with van der Waals surface area (Å²) in [5.41, 5.74) is 2.33. The number of unbranched alkanes of at least 4 members (excludes halogenated alkanes) is 3. The first-order chi connectivity index (χ1) is 20.7. The van der Waals surface area contributed by atoms with Gasteiger partial charge in [-0.2, -0.15) is 0 Å². The minimum Gasteiger partial charge on any atom is -0.340 e. The van der Waals surface area contributed by atoms with Gasteiger partial charge in [0.2, 0.25) is 0 Å². The molecule has 0 N–H and O–H groups in total. The van der Waals surface area contributed by atoms with Crippen molar-refractivity contribution < 1.29 is 0 Å². The fourth-order valence-electron chi connectivity index (χ4n) is 6.37. The number of nitrogens with zero attached hydrogens (tertiary/aromatic N) is 1. The van der Waals surface area contributed by atoms with Gasteiger partial charge in [0.1, 0.15) is 0 Å². The van der Waals surface area contributed by atoms with E-state index in [4.69, 9.17) is 0 Å².